The molecule has 0 spiro atoms. The van der Waals surface area contributed by atoms with Gasteiger partial charge in [-0.3, -0.25) is 14.7 Å². The zero-order valence-corrected chi connectivity index (χ0v) is 10.1. The maximum absolute atomic E-state index is 10.8. The summed E-state index contributed by atoms with van der Waals surface area (Å²) in [6.07, 6.45) is 1.50. The number of carbonyl (C=O) groups is 1. The molecule has 2 heterocycles. The Hall–Kier alpha value is -1.42. The fourth-order valence-corrected chi connectivity index (χ4v) is 2.25. The van der Waals surface area contributed by atoms with Gasteiger partial charge in [0.2, 0.25) is 0 Å². The van der Waals surface area contributed by atoms with Gasteiger partial charge in [-0.1, -0.05) is 6.07 Å². The monoisotopic (exact) mass is 234 g/mol. The van der Waals surface area contributed by atoms with Crippen LogP contribution in [0.1, 0.15) is 24.2 Å². The molecule has 1 fully saturated rings. The van der Waals surface area contributed by atoms with E-state index in [4.69, 9.17) is 5.11 Å². The van der Waals surface area contributed by atoms with Gasteiger partial charge in [-0.15, -0.1) is 0 Å². The first-order valence-corrected chi connectivity index (χ1v) is 6.03. The standard InChI is InChI=1S/C13H18N2O2/c1-10-3-2-4-12(14-10)9-15-7-5-11(6-8-15)13(16)17/h2-4,11H,5-9H2,1H3,(H,16,17). The minimum Gasteiger partial charge on any atom is -0.481 e. The summed E-state index contributed by atoms with van der Waals surface area (Å²) in [5.74, 6) is -0.810. The predicted molar refractivity (Wildman–Crippen MR) is 64.6 cm³/mol. The molecule has 1 aliphatic heterocycles. The van der Waals surface area contributed by atoms with Crippen LogP contribution in [0.25, 0.3) is 0 Å². The van der Waals surface area contributed by atoms with Crippen LogP contribution in [0.2, 0.25) is 0 Å². The van der Waals surface area contributed by atoms with Gasteiger partial charge in [0.15, 0.2) is 0 Å². The number of pyridine rings is 1. The van der Waals surface area contributed by atoms with Crippen molar-refractivity contribution >= 4 is 5.97 Å². The van der Waals surface area contributed by atoms with E-state index < -0.39 is 5.97 Å². The summed E-state index contributed by atoms with van der Waals surface area (Å²) in [4.78, 5) is 17.6. The molecule has 0 aliphatic carbocycles. The van der Waals surface area contributed by atoms with Crippen LogP contribution in [0.4, 0.5) is 0 Å². The Kier molecular flexibility index (Phi) is 3.74. The molecule has 1 saturated heterocycles. The van der Waals surface area contributed by atoms with Crippen molar-refractivity contribution < 1.29 is 9.90 Å². The maximum atomic E-state index is 10.8. The van der Waals surface area contributed by atoms with Crippen LogP contribution in [0.5, 0.6) is 0 Å². The lowest BCUT2D eigenvalue weighted by Crippen LogP contribution is -2.36. The van der Waals surface area contributed by atoms with Gasteiger partial charge in [-0.05, 0) is 45.0 Å². The molecule has 0 aromatic carbocycles. The number of carboxylic acid groups (broad SMARTS) is 1. The summed E-state index contributed by atoms with van der Waals surface area (Å²) < 4.78 is 0. The molecule has 92 valence electrons. The molecule has 1 aromatic rings. The summed E-state index contributed by atoms with van der Waals surface area (Å²) in [7, 11) is 0. The van der Waals surface area contributed by atoms with Gasteiger partial charge >= 0.3 is 5.97 Å². The fourth-order valence-electron chi connectivity index (χ4n) is 2.25. The Labute approximate surface area is 101 Å². The third-order valence-electron chi connectivity index (χ3n) is 3.27. The topological polar surface area (TPSA) is 53.4 Å². The summed E-state index contributed by atoms with van der Waals surface area (Å²) >= 11 is 0. The molecule has 0 saturated carbocycles. The number of rotatable bonds is 3. The average molecular weight is 234 g/mol. The minimum absolute atomic E-state index is 0.156. The summed E-state index contributed by atoms with van der Waals surface area (Å²) in [5, 5.41) is 8.92. The number of nitrogens with zero attached hydrogens (tertiary/aromatic N) is 2. The Balaban J connectivity index is 1.88. The summed E-state index contributed by atoms with van der Waals surface area (Å²) in [5.41, 5.74) is 2.10. The maximum Gasteiger partial charge on any atom is 0.306 e. The molecule has 0 radical (unpaired) electrons. The van der Waals surface area contributed by atoms with E-state index >= 15 is 0 Å². The highest BCUT2D eigenvalue weighted by atomic mass is 16.4. The molecule has 1 aliphatic rings. The van der Waals surface area contributed by atoms with Crippen molar-refractivity contribution in [2.75, 3.05) is 13.1 Å². The van der Waals surface area contributed by atoms with Gasteiger partial charge in [0.1, 0.15) is 0 Å². The number of likely N-dealkylation sites (tertiary alicyclic amines) is 1. The molecular weight excluding hydrogens is 216 g/mol. The number of aromatic nitrogens is 1. The third-order valence-corrected chi connectivity index (χ3v) is 3.27. The number of piperidine rings is 1. The number of aliphatic carboxylic acids is 1. The van der Waals surface area contributed by atoms with E-state index in [-0.39, 0.29) is 5.92 Å². The molecule has 0 unspecified atom stereocenters. The quantitative estimate of drug-likeness (QED) is 0.864. The molecule has 1 N–H and O–H groups in total. The van der Waals surface area contributed by atoms with Crippen LogP contribution in [-0.2, 0) is 11.3 Å². The smallest absolute Gasteiger partial charge is 0.306 e. The zero-order valence-electron chi connectivity index (χ0n) is 10.1. The van der Waals surface area contributed by atoms with Gasteiger partial charge < -0.3 is 5.11 Å². The van der Waals surface area contributed by atoms with E-state index in [1.807, 2.05) is 25.1 Å². The number of hydrogen-bond donors (Lipinski definition) is 1. The Morgan fingerprint density at radius 1 is 1.47 bits per heavy atom. The van der Waals surface area contributed by atoms with Crippen LogP contribution >= 0.6 is 0 Å². The lowest BCUT2D eigenvalue weighted by atomic mass is 9.97. The van der Waals surface area contributed by atoms with Gasteiger partial charge in [-0.2, -0.15) is 0 Å². The predicted octanol–water partition coefficient (Wildman–Crippen LogP) is 1.69. The number of aryl methyl sites for hydroxylation is 1. The molecule has 0 bridgehead atoms. The normalized spacial score (nSPS) is 18.2. The molecular formula is C13H18N2O2. The van der Waals surface area contributed by atoms with Gasteiger partial charge in [0.05, 0.1) is 11.6 Å². The second kappa shape index (κ2) is 5.27. The number of hydrogen-bond acceptors (Lipinski definition) is 3. The Bertz CT molecular complexity index is 398. The van der Waals surface area contributed by atoms with Crippen LogP contribution in [0.3, 0.4) is 0 Å². The third kappa shape index (κ3) is 3.27. The van der Waals surface area contributed by atoms with E-state index in [0.717, 1.165) is 43.9 Å². The van der Waals surface area contributed by atoms with E-state index in [0.29, 0.717) is 0 Å². The van der Waals surface area contributed by atoms with E-state index in [9.17, 15) is 4.79 Å². The summed E-state index contributed by atoms with van der Waals surface area (Å²) in [6.45, 7) is 4.52. The van der Waals surface area contributed by atoms with E-state index in [1.54, 1.807) is 0 Å². The van der Waals surface area contributed by atoms with Crippen molar-refractivity contribution in [1.29, 1.82) is 0 Å². The molecule has 0 atom stereocenters. The Morgan fingerprint density at radius 3 is 2.76 bits per heavy atom. The van der Waals surface area contributed by atoms with Crippen LogP contribution < -0.4 is 0 Å². The van der Waals surface area contributed by atoms with Crippen LogP contribution in [0, 0.1) is 12.8 Å². The van der Waals surface area contributed by atoms with Crippen molar-refractivity contribution in [3.8, 4) is 0 Å². The highest BCUT2D eigenvalue weighted by molar-refractivity contribution is 5.70. The Morgan fingerprint density at radius 2 is 2.18 bits per heavy atom. The van der Waals surface area contributed by atoms with Gasteiger partial charge in [0, 0.05) is 12.2 Å². The second-order valence-corrected chi connectivity index (χ2v) is 4.66. The van der Waals surface area contributed by atoms with Gasteiger partial charge in [-0.25, -0.2) is 0 Å². The largest absolute Gasteiger partial charge is 0.481 e. The van der Waals surface area contributed by atoms with E-state index in [2.05, 4.69) is 9.88 Å². The van der Waals surface area contributed by atoms with Crippen LogP contribution in [0.15, 0.2) is 18.2 Å². The van der Waals surface area contributed by atoms with Crippen molar-refractivity contribution in [2.45, 2.75) is 26.3 Å². The van der Waals surface area contributed by atoms with Crippen molar-refractivity contribution in [3.05, 3.63) is 29.6 Å². The lowest BCUT2D eigenvalue weighted by molar-refractivity contribution is -0.143. The fraction of sp³-hybridized carbons (Fsp3) is 0.538. The first kappa shape index (κ1) is 12.0. The first-order chi connectivity index (χ1) is 8.15. The van der Waals surface area contributed by atoms with Crippen molar-refractivity contribution in [1.82, 2.24) is 9.88 Å². The molecule has 17 heavy (non-hydrogen) atoms. The highest BCUT2D eigenvalue weighted by Crippen LogP contribution is 2.18. The highest BCUT2D eigenvalue weighted by Gasteiger charge is 2.24. The molecule has 0 amide bonds. The second-order valence-electron chi connectivity index (χ2n) is 4.66. The van der Waals surface area contributed by atoms with E-state index in [1.165, 1.54) is 0 Å². The van der Waals surface area contributed by atoms with Crippen LogP contribution in [-0.4, -0.2) is 34.0 Å². The summed E-state index contributed by atoms with van der Waals surface area (Å²) in [6, 6.07) is 6.03. The first-order valence-electron chi connectivity index (χ1n) is 6.03. The molecule has 4 nitrogen and oxygen atoms in total. The average Bonchev–Trinajstić information content (AvgIpc) is 2.29. The molecule has 1 aromatic heterocycles. The molecule has 2 rings (SSSR count). The zero-order chi connectivity index (χ0) is 12.3. The number of carboxylic acids is 1. The minimum atomic E-state index is -0.654. The molecule has 4 heteroatoms. The van der Waals surface area contributed by atoms with Crippen molar-refractivity contribution in [2.24, 2.45) is 5.92 Å². The lowest BCUT2D eigenvalue weighted by Gasteiger charge is -2.29. The van der Waals surface area contributed by atoms with Gasteiger partial charge in [0.25, 0.3) is 0 Å². The van der Waals surface area contributed by atoms with Crippen molar-refractivity contribution in [3.63, 3.8) is 0 Å². The SMILES string of the molecule is Cc1cccc(CN2CCC(C(=O)O)CC2)n1.